The van der Waals surface area contributed by atoms with Gasteiger partial charge in [-0.1, -0.05) is 42.5 Å². The molecule has 0 saturated carbocycles. The minimum absolute atomic E-state index is 0.245. The van der Waals surface area contributed by atoms with E-state index in [-0.39, 0.29) is 5.56 Å². The fourth-order valence-electron chi connectivity index (χ4n) is 2.88. The van der Waals surface area contributed by atoms with Crippen LogP contribution in [0.2, 0.25) is 0 Å². The molecule has 4 aromatic rings. The Bertz CT molecular complexity index is 1060. The van der Waals surface area contributed by atoms with Gasteiger partial charge in [0.1, 0.15) is 5.01 Å². The second kappa shape index (κ2) is 6.90. The quantitative estimate of drug-likeness (QED) is 0.542. The first-order valence-corrected chi connectivity index (χ1v) is 8.90. The molecule has 0 spiro atoms. The highest BCUT2D eigenvalue weighted by atomic mass is 32.1. The van der Waals surface area contributed by atoms with E-state index in [2.05, 4.69) is 4.98 Å². The lowest BCUT2D eigenvalue weighted by atomic mass is 9.93. The Kier molecular flexibility index (Phi) is 4.29. The molecule has 0 atom stereocenters. The molecule has 0 aliphatic heterocycles. The summed E-state index contributed by atoms with van der Waals surface area (Å²) in [5.41, 5.74) is 4.27. The maximum absolute atomic E-state index is 11.8. The van der Waals surface area contributed by atoms with Gasteiger partial charge in [-0.05, 0) is 29.3 Å². The summed E-state index contributed by atoms with van der Waals surface area (Å²) in [5, 5.41) is 12.4. The fourth-order valence-corrected chi connectivity index (χ4v) is 3.68. The van der Waals surface area contributed by atoms with Crippen LogP contribution in [0.25, 0.3) is 33.0 Å². The molecule has 0 unspecified atom stereocenters. The lowest BCUT2D eigenvalue weighted by molar-refractivity contribution is 0.0697. The summed E-state index contributed by atoms with van der Waals surface area (Å²) in [5.74, 6) is -0.964. The minimum Gasteiger partial charge on any atom is -0.478 e. The van der Waals surface area contributed by atoms with E-state index in [0.717, 1.165) is 21.7 Å². The molecule has 0 aliphatic carbocycles. The number of aromatic carboxylic acids is 1. The van der Waals surface area contributed by atoms with Gasteiger partial charge in [0.25, 0.3) is 0 Å². The lowest BCUT2D eigenvalue weighted by Gasteiger charge is -2.11. The van der Waals surface area contributed by atoms with E-state index in [0.29, 0.717) is 11.3 Å². The van der Waals surface area contributed by atoms with E-state index in [1.54, 1.807) is 24.5 Å². The number of benzene rings is 2. The van der Waals surface area contributed by atoms with Crippen molar-refractivity contribution in [3.63, 3.8) is 0 Å². The van der Waals surface area contributed by atoms with Crippen molar-refractivity contribution in [3.05, 3.63) is 84.0 Å². The highest BCUT2D eigenvalue weighted by molar-refractivity contribution is 7.13. The Morgan fingerprint density at radius 2 is 1.73 bits per heavy atom. The number of carboxylic acid groups (broad SMARTS) is 1. The van der Waals surface area contributed by atoms with Gasteiger partial charge in [-0.3, -0.25) is 4.98 Å². The van der Waals surface area contributed by atoms with E-state index in [9.17, 15) is 9.90 Å². The molecule has 0 bridgehead atoms. The van der Waals surface area contributed by atoms with Crippen LogP contribution < -0.4 is 0 Å². The van der Waals surface area contributed by atoms with Gasteiger partial charge in [-0.25, -0.2) is 9.78 Å². The standard InChI is InChI=1S/C21H14N2O2S/c24-21(25)17-10-4-9-16(14-6-2-1-3-7-14)19(17)18-13-26-20(23-18)15-8-5-11-22-12-15/h1-13H,(H,24,25). The van der Waals surface area contributed by atoms with Gasteiger partial charge >= 0.3 is 5.97 Å². The van der Waals surface area contributed by atoms with Crippen LogP contribution in [0, 0.1) is 0 Å². The summed E-state index contributed by atoms with van der Waals surface area (Å²) in [6, 6.07) is 18.9. The number of carboxylic acids is 1. The Morgan fingerprint density at radius 1 is 0.923 bits per heavy atom. The van der Waals surface area contributed by atoms with Crippen molar-refractivity contribution in [1.82, 2.24) is 9.97 Å². The Balaban J connectivity index is 1.91. The van der Waals surface area contributed by atoms with E-state index in [1.807, 2.05) is 53.9 Å². The van der Waals surface area contributed by atoms with E-state index in [4.69, 9.17) is 4.98 Å². The normalized spacial score (nSPS) is 10.6. The van der Waals surface area contributed by atoms with Crippen molar-refractivity contribution in [1.29, 1.82) is 0 Å². The molecule has 126 valence electrons. The van der Waals surface area contributed by atoms with Crippen LogP contribution >= 0.6 is 11.3 Å². The van der Waals surface area contributed by atoms with Crippen LogP contribution in [-0.4, -0.2) is 21.0 Å². The highest BCUT2D eigenvalue weighted by Crippen LogP contribution is 2.37. The van der Waals surface area contributed by atoms with Gasteiger partial charge in [0, 0.05) is 28.9 Å². The van der Waals surface area contributed by atoms with Crippen LogP contribution in [-0.2, 0) is 0 Å². The Hall–Kier alpha value is -3.31. The Morgan fingerprint density at radius 3 is 2.46 bits per heavy atom. The van der Waals surface area contributed by atoms with Crippen LogP contribution in [0.3, 0.4) is 0 Å². The van der Waals surface area contributed by atoms with Gasteiger partial charge in [-0.15, -0.1) is 11.3 Å². The van der Waals surface area contributed by atoms with Crippen molar-refractivity contribution in [2.24, 2.45) is 0 Å². The topological polar surface area (TPSA) is 63.1 Å². The van der Waals surface area contributed by atoms with Crippen LogP contribution in [0.1, 0.15) is 10.4 Å². The fraction of sp³-hybridized carbons (Fsp3) is 0. The van der Waals surface area contributed by atoms with Crippen molar-refractivity contribution in [2.45, 2.75) is 0 Å². The van der Waals surface area contributed by atoms with Crippen molar-refractivity contribution >= 4 is 17.3 Å². The molecular formula is C21H14N2O2S. The first-order valence-electron chi connectivity index (χ1n) is 8.02. The largest absolute Gasteiger partial charge is 0.478 e. The Labute approximate surface area is 154 Å². The van der Waals surface area contributed by atoms with E-state index >= 15 is 0 Å². The third-order valence-corrected chi connectivity index (χ3v) is 4.94. The van der Waals surface area contributed by atoms with E-state index in [1.165, 1.54) is 11.3 Å². The molecular weight excluding hydrogens is 344 g/mol. The number of carbonyl (C=O) groups is 1. The predicted molar refractivity (Wildman–Crippen MR) is 103 cm³/mol. The maximum atomic E-state index is 11.8. The first kappa shape index (κ1) is 16.2. The average molecular weight is 358 g/mol. The second-order valence-electron chi connectivity index (χ2n) is 5.68. The van der Waals surface area contributed by atoms with Crippen LogP contribution in [0.15, 0.2) is 78.4 Å². The zero-order valence-corrected chi connectivity index (χ0v) is 14.5. The number of aromatic nitrogens is 2. The zero-order chi connectivity index (χ0) is 17.9. The van der Waals surface area contributed by atoms with Gasteiger partial charge in [0.2, 0.25) is 0 Å². The third kappa shape index (κ3) is 3.00. The van der Waals surface area contributed by atoms with Gasteiger partial charge in [-0.2, -0.15) is 0 Å². The number of rotatable bonds is 4. The maximum Gasteiger partial charge on any atom is 0.336 e. The average Bonchev–Trinajstić information content (AvgIpc) is 3.18. The molecule has 2 aromatic heterocycles. The number of pyridine rings is 1. The molecule has 0 aliphatic rings. The third-order valence-electron chi connectivity index (χ3n) is 4.05. The minimum atomic E-state index is -0.964. The van der Waals surface area contributed by atoms with Crippen molar-refractivity contribution in [2.75, 3.05) is 0 Å². The molecule has 4 rings (SSSR count). The summed E-state index contributed by atoms with van der Waals surface area (Å²) >= 11 is 1.48. The summed E-state index contributed by atoms with van der Waals surface area (Å²) in [7, 11) is 0. The number of hydrogen-bond acceptors (Lipinski definition) is 4. The summed E-state index contributed by atoms with van der Waals surface area (Å²) in [4.78, 5) is 20.6. The molecule has 1 N–H and O–H groups in total. The molecule has 26 heavy (non-hydrogen) atoms. The second-order valence-corrected chi connectivity index (χ2v) is 6.54. The monoisotopic (exact) mass is 358 g/mol. The zero-order valence-electron chi connectivity index (χ0n) is 13.7. The molecule has 0 saturated heterocycles. The molecule has 5 heteroatoms. The summed E-state index contributed by atoms with van der Waals surface area (Å²) in [6.45, 7) is 0. The van der Waals surface area contributed by atoms with Crippen LogP contribution in [0.5, 0.6) is 0 Å². The van der Waals surface area contributed by atoms with Gasteiger partial charge in [0.05, 0.1) is 11.3 Å². The molecule has 2 aromatic carbocycles. The number of hydrogen-bond donors (Lipinski definition) is 1. The highest BCUT2D eigenvalue weighted by Gasteiger charge is 2.19. The van der Waals surface area contributed by atoms with Crippen molar-refractivity contribution < 1.29 is 9.90 Å². The molecule has 0 fully saturated rings. The van der Waals surface area contributed by atoms with E-state index < -0.39 is 5.97 Å². The SMILES string of the molecule is O=C(O)c1cccc(-c2ccccc2)c1-c1csc(-c2cccnc2)n1. The summed E-state index contributed by atoms with van der Waals surface area (Å²) < 4.78 is 0. The summed E-state index contributed by atoms with van der Waals surface area (Å²) in [6.07, 6.45) is 3.47. The van der Waals surface area contributed by atoms with Gasteiger partial charge < -0.3 is 5.11 Å². The molecule has 4 nitrogen and oxygen atoms in total. The molecule has 0 radical (unpaired) electrons. The number of nitrogens with zero attached hydrogens (tertiary/aromatic N) is 2. The van der Waals surface area contributed by atoms with Crippen LogP contribution in [0.4, 0.5) is 0 Å². The number of thiazole rings is 1. The predicted octanol–water partition coefficient (Wildman–Crippen LogP) is 5.24. The first-order chi connectivity index (χ1) is 12.7. The lowest BCUT2D eigenvalue weighted by Crippen LogP contribution is -2.01. The molecule has 0 amide bonds. The van der Waals surface area contributed by atoms with Crippen molar-refractivity contribution in [3.8, 4) is 33.0 Å². The molecule has 2 heterocycles. The van der Waals surface area contributed by atoms with Gasteiger partial charge in [0.15, 0.2) is 0 Å². The smallest absolute Gasteiger partial charge is 0.336 e.